The Morgan fingerprint density at radius 2 is 1.85 bits per heavy atom. The molecular weight excluding hydrogens is 444 g/mol. The SMILES string of the molecule is COCCCNC(=O)CC(c1cccc(Cl)c1)c1cn(Cc2ccc(C)cc2)c2ccccc12. The van der Waals surface area contributed by atoms with Crippen LogP contribution >= 0.6 is 11.6 Å². The highest BCUT2D eigenvalue weighted by molar-refractivity contribution is 6.30. The highest BCUT2D eigenvalue weighted by Gasteiger charge is 2.23. The molecule has 0 fully saturated rings. The molecule has 4 aromatic rings. The Labute approximate surface area is 206 Å². The second-order valence-electron chi connectivity index (χ2n) is 8.72. The van der Waals surface area contributed by atoms with E-state index in [2.05, 4.69) is 77.6 Å². The molecule has 1 heterocycles. The van der Waals surface area contributed by atoms with Crippen LogP contribution < -0.4 is 5.32 Å². The zero-order chi connectivity index (χ0) is 23.9. The van der Waals surface area contributed by atoms with Gasteiger partial charge in [-0.3, -0.25) is 4.79 Å². The summed E-state index contributed by atoms with van der Waals surface area (Å²) in [7, 11) is 1.67. The van der Waals surface area contributed by atoms with Gasteiger partial charge < -0.3 is 14.6 Å². The van der Waals surface area contributed by atoms with Crippen LogP contribution in [0.2, 0.25) is 5.02 Å². The summed E-state index contributed by atoms with van der Waals surface area (Å²) in [6.45, 7) is 4.10. The molecule has 4 rings (SSSR count). The first-order valence-corrected chi connectivity index (χ1v) is 12.1. The van der Waals surface area contributed by atoms with Gasteiger partial charge in [0.2, 0.25) is 5.91 Å². The van der Waals surface area contributed by atoms with Crippen LogP contribution in [0.25, 0.3) is 10.9 Å². The summed E-state index contributed by atoms with van der Waals surface area (Å²) in [5.74, 6) is -0.0817. The molecule has 0 radical (unpaired) electrons. The van der Waals surface area contributed by atoms with E-state index in [1.165, 1.54) is 11.1 Å². The fourth-order valence-electron chi connectivity index (χ4n) is 4.41. The van der Waals surface area contributed by atoms with Crippen molar-refractivity contribution < 1.29 is 9.53 Å². The van der Waals surface area contributed by atoms with Crippen LogP contribution in [0.3, 0.4) is 0 Å². The van der Waals surface area contributed by atoms with Gasteiger partial charge >= 0.3 is 0 Å². The summed E-state index contributed by atoms with van der Waals surface area (Å²) >= 11 is 6.36. The number of hydrogen-bond donors (Lipinski definition) is 1. The molecule has 0 aliphatic rings. The number of para-hydroxylation sites is 1. The predicted octanol–water partition coefficient (Wildman–Crippen LogP) is 6.33. The van der Waals surface area contributed by atoms with Gasteiger partial charge in [0.25, 0.3) is 0 Å². The van der Waals surface area contributed by atoms with Crippen molar-refractivity contribution in [3.8, 4) is 0 Å². The minimum atomic E-state index is -0.106. The molecule has 0 aliphatic heterocycles. The van der Waals surface area contributed by atoms with E-state index in [0.29, 0.717) is 24.6 Å². The number of hydrogen-bond acceptors (Lipinski definition) is 2. The summed E-state index contributed by atoms with van der Waals surface area (Å²) in [4.78, 5) is 12.9. The lowest BCUT2D eigenvalue weighted by atomic mass is 9.88. The molecule has 0 spiro atoms. The lowest BCUT2D eigenvalue weighted by Gasteiger charge is -2.18. The summed E-state index contributed by atoms with van der Waals surface area (Å²) < 4.78 is 7.38. The molecule has 0 aliphatic carbocycles. The van der Waals surface area contributed by atoms with Crippen LogP contribution in [0.15, 0.2) is 79.0 Å². The van der Waals surface area contributed by atoms with Gasteiger partial charge in [0.05, 0.1) is 0 Å². The second-order valence-corrected chi connectivity index (χ2v) is 9.16. The van der Waals surface area contributed by atoms with Crippen molar-refractivity contribution in [2.75, 3.05) is 20.3 Å². The maximum atomic E-state index is 12.9. The van der Waals surface area contributed by atoms with Crippen LogP contribution in [-0.4, -0.2) is 30.7 Å². The normalized spacial score (nSPS) is 12.1. The van der Waals surface area contributed by atoms with Crippen LogP contribution in [-0.2, 0) is 16.1 Å². The van der Waals surface area contributed by atoms with Gasteiger partial charge in [0, 0.05) is 61.3 Å². The number of ether oxygens (including phenoxy) is 1. The molecule has 1 N–H and O–H groups in total. The highest BCUT2D eigenvalue weighted by atomic mass is 35.5. The Morgan fingerprint density at radius 1 is 1.06 bits per heavy atom. The van der Waals surface area contributed by atoms with Gasteiger partial charge in [0.1, 0.15) is 0 Å². The van der Waals surface area contributed by atoms with E-state index in [0.717, 1.165) is 35.0 Å². The standard InChI is InChI=1S/C29H31ClN2O2/c1-21-11-13-22(14-12-21)19-32-20-27(25-9-3-4-10-28(25)32)26(23-7-5-8-24(30)17-23)18-29(33)31-15-6-16-34-2/h3-5,7-14,17,20,26H,6,15-16,18-19H2,1-2H3,(H,31,33). The van der Waals surface area contributed by atoms with E-state index >= 15 is 0 Å². The molecule has 1 atom stereocenters. The largest absolute Gasteiger partial charge is 0.385 e. The average molecular weight is 475 g/mol. The number of rotatable bonds is 10. The Hall–Kier alpha value is -3.08. The van der Waals surface area contributed by atoms with Crippen molar-refractivity contribution in [1.29, 1.82) is 0 Å². The number of aryl methyl sites for hydroxylation is 1. The fraction of sp³-hybridized carbons (Fsp3) is 0.276. The molecule has 0 saturated carbocycles. The molecule has 3 aromatic carbocycles. The Bertz CT molecular complexity index is 1250. The van der Waals surface area contributed by atoms with E-state index in [4.69, 9.17) is 16.3 Å². The molecular formula is C29H31ClN2O2. The minimum Gasteiger partial charge on any atom is -0.385 e. The third kappa shape index (κ3) is 5.88. The van der Waals surface area contributed by atoms with Gasteiger partial charge in [-0.15, -0.1) is 0 Å². The van der Waals surface area contributed by atoms with Crippen LogP contribution in [0, 0.1) is 6.92 Å². The van der Waals surface area contributed by atoms with Crippen molar-refractivity contribution in [2.45, 2.75) is 32.2 Å². The summed E-state index contributed by atoms with van der Waals surface area (Å²) in [6, 6.07) is 24.9. The molecule has 1 amide bonds. The number of fused-ring (bicyclic) bond motifs is 1. The number of halogens is 1. The number of methoxy groups -OCH3 is 1. The van der Waals surface area contributed by atoms with E-state index in [-0.39, 0.29) is 11.8 Å². The zero-order valence-electron chi connectivity index (χ0n) is 19.8. The van der Waals surface area contributed by atoms with Crippen LogP contribution in [0.5, 0.6) is 0 Å². The summed E-state index contributed by atoms with van der Waals surface area (Å²) in [6.07, 6.45) is 3.35. The molecule has 0 bridgehead atoms. The first kappa shape index (κ1) is 24.1. The molecule has 1 aromatic heterocycles. The van der Waals surface area contributed by atoms with Crippen LogP contribution in [0.1, 0.15) is 41.0 Å². The molecule has 4 nitrogen and oxygen atoms in total. The van der Waals surface area contributed by atoms with Crippen molar-refractivity contribution >= 4 is 28.4 Å². The van der Waals surface area contributed by atoms with Gasteiger partial charge in [-0.25, -0.2) is 0 Å². The number of carbonyl (C=O) groups is 1. The highest BCUT2D eigenvalue weighted by Crippen LogP contribution is 2.36. The molecule has 5 heteroatoms. The minimum absolute atomic E-state index is 0.0245. The van der Waals surface area contributed by atoms with E-state index in [1.807, 2.05) is 18.2 Å². The quantitative estimate of drug-likeness (QED) is 0.273. The fourth-order valence-corrected chi connectivity index (χ4v) is 4.61. The summed E-state index contributed by atoms with van der Waals surface area (Å²) in [5.41, 5.74) is 5.83. The topological polar surface area (TPSA) is 43.3 Å². The van der Waals surface area contributed by atoms with Gasteiger partial charge in [-0.05, 0) is 48.2 Å². The lowest BCUT2D eigenvalue weighted by molar-refractivity contribution is -0.121. The van der Waals surface area contributed by atoms with Crippen LogP contribution in [0.4, 0.5) is 0 Å². The van der Waals surface area contributed by atoms with Crippen molar-refractivity contribution in [1.82, 2.24) is 9.88 Å². The van der Waals surface area contributed by atoms with Crippen molar-refractivity contribution in [3.05, 3.63) is 106 Å². The zero-order valence-corrected chi connectivity index (χ0v) is 20.5. The average Bonchev–Trinajstić information content (AvgIpc) is 3.20. The maximum Gasteiger partial charge on any atom is 0.220 e. The molecule has 34 heavy (non-hydrogen) atoms. The maximum absolute atomic E-state index is 12.9. The molecule has 0 saturated heterocycles. The third-order valence-corrected chi connectivity index (χ3v) is 6.39. The smallest absolute Gasteiger partial charge is 0.220 e. The Morgan fingerprint density at radius 3 is 2.62 bits per heavy atom. The molecule has 1 unspecified atom stereocenters. The number of aromatic nitrogens is 1. The number of carbonyl (C=O) groups excluding carboxylic acids is 1. The van der Waals surface area contributed by atoms with Gasteiger partial charge in [0.15, 0.2) is 0 Å². The lowest BCUT2D eigenvalue weighted by Crippen LogP contribution is -2.27. The van der Waals surface area contributed by atoms with Gasteiger partial charge in [-0.2, -0.15) is 0 Å². The first-order chi connectivity index (χ1) is 16.5. The van der Waals surface area contributed by atoms with E-state index in [1.54, 1.807) is 7.11 Å². The van der Waals surface area contributed by atoms with E-state index < -0.39 is 0 Å². The van der Waals surface area contributed by atoms with Crippen molar-refractivity contribution in [3.63, 3.8) is 0 Å². The summed E-state index contributed by atoms with van der Waals surface area (Å²) in [5, 5.41) is 4.87. The first-order valence-electron chi connectivity index (χ1n) is 11.7. The second kappa shape index (κ2) is 11.4. The number of benzene rings is 3. The Balaban J connectivity index is 1.70. The monoisotopic (exact) mass is 474 g/mol. The van der Waals surface area contributed by atoms with E-state index in [9.17, 15) is 4.79 Å². The number of amides is 1. The number of nitrogens with zero attached hydrogens (tertiary/aromatic N) is 1. The molecule has 176 valence electrons. The number of nitrogens with one attached hydrogen (secondary N) is 1. The third-order valence-electron chi connectivity index (χ3n) is 6.16. The van der Waals surface area contributed by atoms with Gasteiger partial charge in [-0.1, -0.05) is 71.8 Å². The predicted molar refractivity (Wildman–Crippen MR) is 140 cm³/mol. The Kier molecular flexibility index (Phi) is 8.04. The van der Waals surface area contributed by atoms with Crippen molar-refractivity contribution in [2.24, 2.45) is 0 Å².